The number of hydrogen-bond acceptors (Lipinski definition) is 3. The number of nitrogens with two attached hydrogens (primary N) is 1. The van der Waals surface area contributed by atoms with Crippen molar-refractivity contribution >= 4 is 17.4 Å². The molecule has 0 aliphatic heterocycles. The van der Waals surface area contributed by atoms with Gasteiger partial charge in [-0.1, -0.05) is 23.7 Å². The van der Waals surface area contributed by atoms with Gasteiger partial charge in [0.05, 0.1) is 10.6 Å². The Morgan fingerprint density at radius 3 is 2.47 bits per heavy atom. The molecule has 2 rings (SSSR count). The van der Waals surface area contributed by atoms with E-state index in [2.05, 4.69) is 4.98 Å². The molecule has 0 aliphatic carbocycles. The van der Waals surface area contributed by atoms with Gasteiger partial charge in [-0.2, -0.15) is 13.2 Å². The smallest absolute Gasteiger partial charge is 0.418 e. The van der Waals surface area contributed by atoms with Gasteiger partial charge in [0.1, 0.15) is 5.75 Å². The highest BCUT2D eigenvalue weighted by Crippen LogP contribution is 2.36. The summed E-state index contributed by atoms with van der Waals surface area (Å²) in [6, 6.07) is 7.16. The summed E-state index contributed by atoms with van der Waals surface area (Å²) in [5, 5.41) is 0.263. The van der Waals surface area contributed by atoms with E-state index < -0.39 is 11.7 Å². The lowest BCUT2D eigenvalue weighted by Gasteiger charge is -2.12. The second-order valence-electron chi connectivity index (χ2n) is 3.64. The van der Waals surface area contributed by atoms with E-state index in [-0.39, 0.29) is 22.3 Å². The first kappa shape index (κ1) is 13.5. The van der Waals surface area contributed by atoms with E-state index in [4.69, 9.17) is 22.1 Å². The molecular formula is C12H8ClF3N2O. The standard InChI is InChI=1S/C12H8ClF3N2O/c13-8-3-1-2-4-9(8)19-10-5-7(12(14,15)16)6-18-11(10)17/h1-6H,(H2,17,18). The Bertz CT molecular complexity index is 602. The molecule has 0 spiro atoms. The fourth-order valence-electron chi connectivity index (χ4n) is 1.34. The van der Waals surface area contributed by atoms with E-state index in [1.807, 2.05) is 0 Å². The maximum absolute atomic E-state index is 12.6. The average molecular weight is 289 g/mol. The van der Waals surface area contributed by atoms with Crippen molar-refractivity contribution in [3.05, 3.63) is 47.1 Å². The number of nitrogens with zero attached hydrogens (tertiary/aromatic N) is 1. The summed E-state index contributed by atoms with van der Waals surface area (Å²) in [5.41, 5.74) is 4.54. The molecule has 19 heavy (non-hydrogen) atoms. The number of halogens is 4. The SMILES string of the molecule is Nc1ncc(C(F)(F)F)cc1Oc1ccccc1Cl. The van der Waals surface area contributed by atoms with Gasteiger partial charge in [0.2, 0.25) is 0 Å². The van der Waals surface area contributed by atoms with Crippen LogP contribution in [0.15, 0.2) is 36.5 Å². The Morgan fingerprint density at radius 1 is 1.16 bits per heavy atom. The molecule has 0 bridgehead atoms. The van der Waals surface area contributed by atoms with Crippen LogP contribution in [0.3, 0.4) is 0 Å². The lowest BCUT2D eigenvalue weighted by atomic mass is 10.2. The fraction of sp³-hybridized carbons (Fsp3) is 0.0833. The largest absolute Gasteiger partial charge is 0.452 e. The summed E-state index contributed by atoms with van der Waals surface area (Å²) in [7, 11) is 0. The van der Waals surface area contributed by atoms with Crippen molar-refractivity contribution in [3.8, 4) is 11.5 Å². The van der Waals surface area contributed by atoms with Gasteiger partial charge in [0.15, 0.2) is 11.6 Å². The van der Waals surface area contributed by atoms with Crippen LogP contribution < -0.4 is 10.5 Å². The topological polar surface area (TPSA) is 48.1 Å². The number of ether oxygens (including phenoxy) is 1. The molecule has 0 saturated heterocycles. The number of rotatable bonds is 2. The van der Waals surface area contributed by atoms with E-state index in [1.54, 1.807) is 18.2 Å². The summed E-state index contributed by atoms with van der Waals surface area (Å²) in [5.74, 6) is -0.132. The normalized spacial score (nSPS) is 11.4. The maximum atomic E-state index is 12.6. The summed E-state index contributed by atoms with van der Waals surface area (Å²) in [6.07, 6.45) is -3.87. The van der Waals surface area contributed by atoms with Crippen molar-refractivity contribution in [2.75, 3.05) is 5.73 Å². The molecule has 1 aromatic heterocycles. The fourth-order valence-corrected chi connectivity index (χ4v) is 1.51. The maximum Gasteiger partial charge on any atom is 0.418 e. The molecule has 7 heteroatoms. The van der Waals surface area contributed by atoms with Crippen molar-refractivity contribution in [2.45, 2.75) is 6.18 Å². The molecule has 0 unspecified atom stereocenters. The molecule has 0 fully saturated rings. The van der Waals surface area contributed by atoms with Gasteiger partial charge >= 0.3 is 6.18 Å². The Hall–Kier alpha value is -1.95. The van der Waals surface area contributed by atoms with E-state index >= 15 is 0 Å². The summed E-state index contributed by atoms with van der Waals surface area (Å²) < 4.78 is 42.9. The second-order valence-corrected chi connectivity index (χ2v) is 4.04. The zero-order valence-electron chi connectivity index (χ0n) is 9.41. The van der Waals surface area contributed by atoms with E-state index in [1.165, 1.54) is 6.07 Å². The van der Waals surface area contributed by atoms with Crippen LogP contribution in [0.25, 0.3) is 0 Å². The van der Waals surface area contributed by atoms with Crippen LogP contribution in [0, 0.1) is 0 Å². The minimum atomic E-state index is -4.51. The number of para-hydroxylation sites is 1. The van der Waals surface area contributed by atoms with E-state index in [0.29, 0.717) is 6.20 Å². The summed E-state index contributed by atoms with van der Waals surface area (Å²) in [4.78, 5) is 3.46. The number of benzene rings is 1. The molecule has 1 aromatic carbocycles. The van der Waals surface area contributed by atoms with Gasteiger partial charge < -0.3 is 10.5 Å². The third-order valence-electron chi connectivity index (χ3n) is 2.27. The first-order chi connectivity index (χ1) is 8.88. The molecule has 0 atom stereocenters. The molecule has 3 nitrogen and oxygen atoms in total. The Kier molecular flexibility index (Phi) is 3.53. The van der Waals surface area contributed by atoms with Gasteiger partial charge in [0.25, 0.3) is 0 Å². The van der Waals surface area contributed by atoms with Crippen LogP contribution in [-0.4, -0.2) is 4.98 Å². The lowest BCUT2D eigenvalue weighted by molar-refractivity contribution is -0.137. The molecule has 1 heterocycles. The summed E-state index contributed by atoms with van der Waals surface area (Å²) >= 11 is 5.85. The van der Waals surface area contributed by atoms with Gasteiger partial charge in [-0.05, 0) is 18.2 Å². The molecule has 0 radical (unpaired) electrons. The monoisotopic (exact) mass is 288 g/mol. The van der Waals surface area contributed by atoms with Crippen LogP contribution in [0.2, 0.25) is 5.02 Å². The number of pyridine rings is 1. The zero-order chi connectivity index (χ0) is 14.0. The van der Waals surface area contributed by atoms with Crippen LogP contribution >= 0.6 is 11.6 Å². The van der Waals surface area contributed by atoms with Crippen molar-refractivity contribution in [1.29, 1.82) is 0 Å². The molecular weight excluding hydrogens is 281 g/mol. The minimum absolute atomic E-state index is 0.145. The molecule has 0 aliphatic rings. The first-order valence-electron chi connectivity index (χ1n) is 5.13. The van der Waals surface area contributed by atoms with Crippen molar-refractivity contribution in [3.63, 3.8) is 0 Å². The average Bonchev–Trinajstić information content (AvgIpc) is 2.33. The van der Waals surface area contributed by atoms with Gasteiger partial charge in [-0.3, -0.25) is 0 Å². The van der Waals surface area contributed by atoms with E-state index in [0.717, 1.165) is 6.07 Å². The van der Waals surface area contributed by atoms with Crippen molar-refractivity contribution < 1.29 is 17.9 Å². The van der Waals surface area contributed by atoms with E-state index in [9.17, 15) is 13.2 Å². The molecule has 2 aromatic rings. The third kappa shape index (κ3) is 3.08. The number of alkyl halides is 3. The highest BCUT2D eigenvalue weighted by atomic mass is 35.5. The third-order valence-corrected chi connectivity index (χ3v) is 2.58. The van der Waals surface area contributed by atoms with Gasteiger partial charge in [0, 0.05) is 6.20 Å². The Labute approximate surface area is 111 Å². The number of anilines is 1. The van der Waals surface area contributed by atoms with Crippen LogP contribution in [-0.2, 0) is 6.18 Å². The second kappa shape index (κ2) is 4.97. The minimum Gasteiger partial charge on any atom is -0.452 e. The molecule has 0 amide bonds. The molecule has 0 saturated carbocycles. The summed E-state index contributed by atoms with van der Waals surface area (Å²) in [6.45, 7) is 0. The molecule has 2 N–H and O–H groups in total. The number of aromatic nitrogens is 1. The zero-order valence-corrected chi connectivity index (χ0v) is 10.2. The lowest BCUT2D eigenvalue weighted by Crippen LogP contribution is -2.07. The first-order valence-corrected chi connectivity index (χ1v) is 5.51. The Balaban J connectivity index is 2.38. The Morgan fingerprint density at radius 2 is 1.84 bits per heavy atom. The number of nitrogen functional groups attached to an aromatic ring is 1. The van der Waals surface area contributed by atoms with Crippen LogP contribution in [0.1, 0.15) is 5.56 Å². The highest BCUT2D eigenvalue weighted by molar-refractivity contribution is 6.32. The number of hydrogen-bond donors (Lipinski definition) is 1. The highest BCUT2D eigenvalue weighted by Gasteiger charge is 2.32. The van der Waals surface area contributed by atoms with Crippen molar-refractivity contribution in [1.82, 2.24) is 4.98 Å². The quantitative estimate of drug-likeness (QED) is 0.904. The van der Waals surface area contributed by atoms with Crippen LogP contribution in [0.4, 0.5) is 19.0 Å². The van der Waals surface area contributed by atoms with Crippen LogP contribution in [0.5, 0.6) is 11.5 Å². The molecule has 100 valence electrons. The van der Waals surface area contributed by atoms with Gasteiger partial charge in [-0.15, -0.1) is 0 Å². The predicted octanol–water partition coefficient (Wildman–Crippen LogP) is 4.13. The van der Waals surface area contributed by atoms with Gasteiger partial charge in [-0.25, -0.2) is 4.98 Å². The van der Waals surface area contributed by atoms with Crippen molar-refractivity contribution in [2.24, 2.45) is 0 Å². The predicted molar refractivity (Wildman–Crippen MR) is 65.2 cm³/mol.